The Labute approximate surface area is 208 Å². The molecule has 0 aromatic heterocycles. The third-order valence-electron chi connectivity index (χ3n) is 2.45. The van der Waals surface area contributed by atoms with Gasteiger partial charge in [-0.25, -0.2) is 20.1 Å². The van der Waals surface area contributed by atoms with Crippen LogP contribution >= 0.6 is 11.4 Å². The molecule has 0 radical (unpaired) electrons. The van der Waals surface area contributed by atoms with Crippen molar-refractivity contribution in [1.82, 2.24) is 0 Å². The summed E-state index contributed by atoms with van der Waals surface area (Å²) in [4.78, 5) is 44.3. The molecule has 0 N–H and O–H groups in total. The molecular formula is C12H28O4P2S4Zn3. The molecule has 0 unspecified atom stereocenters. The van der Waals surface area contributed by atoms with E-state index in [1.165, 1.54) is 0 Å². The standard InChI is InChI=1S/2C6H14O2PS2.3Zn/c2*1-5(2)11(6(3)4)9(7,8)10;;;/h2*5-6H,1-4H3;;;/q2*-3;3*+2. The normalized spacial score (nSPS) is 12.0. The van der Waals surface area contributed by atoms with Crippen LogP contribution in [-0.4, -0.2) is 21.0 Å². The van der Waals surface area contributed by atoms with E-state index in [4.69, 9.17) is 0 Å². The first-order valence-corrected chi connectivity index (χ1v) is 16.2. The first-order chi connectivity index (χ1) is 9.53. The van der Waals surface area contributed by atoms with Crippen LogP contribution in [0.4, 0.5) is 0 Å². The van der Waals surface area contributed by atoms with Gasteiger partial charge in [0.05, 0.1) is 0 Å². The van der Waals surface area contributed by atoms with Crippen molar-refractivity contribution in [3.05, 3.63) is 0 Å². The Bertz CT molecular complexity index is 385. The van der Waals surface area contributed by atoms with Crippen LogP contribution in [0, 0.1) is 0 Å². The van der Waals surface area contributed by atoms with Crippen LogP contribution in [0.25, 0.3) is 0 Å². The molecule has 0 aromatic carbocycles. The molecular weight excluding hydrogens is 595 g/mol. The summed E-state index contributed by atoms with van der Waals surface area (Å²) < 4.78 is 0. The van der Waals surface area contributed by atoms with E-state index in [9.17, 15) is 19.6 Å². The molecule has 0 amide bonds. The Hall–Kier alpha value is 3.97. The zero-order valence-electron chi connectivity index (χ0n) is 16.6. The van der Waals surface area contributed by atoms with Crippen molar-refractivity contribution in [3.8, 4) is 0 Å². The summed E-state index contributed by atoms with van der Waals surface area (Å²) in [6, 6.07) is 0. The zero-order valence-corrected chi connectivity index (χ0v) is 30.5. The monoisotopic (exact) mass is 618 g/mol. The fraction of sp³-hybridized carbons (Fsp3) is 1.00. The van der Waals surface area contributed by atoms with E-state index in [0.717, 1.165) is 0 Å². The van der Waals surface area contributed by atoms with Gasteiger partial charge in [0.25, 0.3) is 0 Å². The van der Waals surface area contributed by atoms with Crippen LogP contribution in [0.1, 0.15) is 55.4 Å². The van der Waals surface area contributed by atoms with Gasteiger partial charge < -0.3 is 55.5 Å². The predicted molar refractivity (Wildman–Crippen MR) is 104 cm³/mol. The van der Waals surface area contributed by atoms with Crippen LogP contribution in [0.2, 0.25) is 0 Å². The Morgan fingerprint density at radius 2 is 0.640 bits per heavy atom. The number of hydrogen-bond acceptors (Lipinski definition) is 6. The molecule has 0 bridgehead atoms. The van der Waals surface area contributed by atoms with Crippen molar-refractivity contribution in [3.63, 3.8) is 0 Å². The van der Waals surface area contributed by atoms with E-state index >= 15 is 0 Å². The molecule has 0 heterocycles. The van der Waals surface area contributed by atoms with E-state index in [-0.39, 0.29) is 79.4 Å². The summed E-state index contributed by atoms with van der Waals surface area (Å²) >= 11 is 8.94. The fourth-order valence-corrected chi connectivity index (χ4v) is 18.8. The largest absolute Gasteiger partial charge is 2.00 e. The van der Waals surface area contributed by atoms with Crippen LogP contribution in [0.5, 0.6) is 0 Å². The average Bonchev–Trinajstić information content (AvgIpc) is 2.08. The molecule has 0 rings (SSSR count). The minimum absolute atomic E-state index is 0. The van der Waals surface area contributed by atoms with Crippen molar-refractivity contribution in [2.75, 3.05) is 0 Å². The van der Waals surface area contributed by atoms with Gasteiger partial charge in [-0.3, -0.25) is 0 Å². The molecule has 0 spiro atoms. The molecule has 0 saturated heterocycles. The van der Waals surface area contributed by atoms with Crippen LogP contribution < -0.4 is 19.6 Å². The van der Waals surface area contributed by atoms with Gasteiger partial charge in [-0.05, 0) is 21.0 Å². The van der Waals surface area contributed by atoms with Gasteiger partial charge in [-0.1, -0.05) is 55.4 Å². The summed E-state index contributed by atoms with van der Waals surface area (Å²) in [7, 11) is -1.26. The summed E-state index contributed by atoms with van der Waals surface area (Å²) in [6.45, 7) is 15.2. The Kier molecular flexibility index (Phi) is 27.8. The van der Waals surface area contributed by atoms with Gasteiger partial charge in [0.2, 0.25) is 0 Å². The maximum Gasteiger partial charge on any atom is 2.00 e. The first kappa shape index (κ1) is 39.4. The first-order valence-electron chi connectivity index (χ1n) is 7.02. The summed E-state index contributed by atoms with van der Waals surface area (Å²) in [5, 5.41) is 0.596. The predicted octanol–water partition coefficient (Wildman–Crippen LogP) is 0.726. The van der Waals surface area contributed by atoms with Crippen LogP contribution in [0.15, 0.2) is 0 Å². The van der Waals surface area contributed by atoms with Gasteiger partial charge in [0, 0.05) is 0 Å². The molecule has 4 nitrogen and oxygen atoms in total. The quantitative estimate of drug-likeness (QED) is 0.261. The molecule has 0 fully saturated rings. The molecule has 0 aliphatic heterocycles. The van der Waals surface area contributed by atoms with Gasteiger partial charge in [0.1, 0.15) is 0 Å². The van der Waals surface area contributed by atoms with Crippen LogP contribution in [0.3, 0.4) is 0 Å². The summed E-state index contributed by atoms with van der Waals surface area (Å²) in [5.74, 6) is 0. The van der Waals surface area contributed by atoms with E-state index in [0.29, 0.717) is 0 Å². The third-order valence-corrected chi connectivity index (χ3v) is 18.6. The number of hydrogen-bond donors (Lipinski definition) is 0. The van der Waals surface area contributed by atoms with Gasteiger partial charge >= 0.3 is 58.4 Å². The van der Waals surface area contributed by atoms with E-state index < -0.39 is 31.5 Å². The Morgan fingerprint density at radius 3 is 0.640 bits per heavy atom. The van der Waals surface area contributed by atoms with Gasteiger partial charge in [-0.15, -0.1) is 0 Å². The molecule has 13 heteroatoms. The Morgan fingerprint density at radius 1 is 0.520 bits per heavy atom. The van der Waals surface area contributed by atoms with Crippen molar-refractivity contribution in [2.45, 2.75) is 76.4 Å². The molecule has 0 atom stereocenters. The van der Waals surface area contributed by atoms with Crippen LogP contribution in [-0.2, 0) is 103 Å². The summed E-state index contributed by atoms with van der Waals surface area (Å²) in [6.07, 6.45) is 0. The fourth-order valence-electron chi connectivity index (χ4n) is 2.12. The number of rotatable bonds is 4. The SMILES string of the molecule is CC(C)S(C(C)C)=P([O-])([O-])[S-].CC(C)S(C(C)C)=P([O-])([O-])[S-].[Zn+2].[Zn+2].[Zn+2]. The average molecular weight is 623 g/mol. The molecule has 25 heavy (non-hydrogen) atoms. The maximum absolute atomic E-state index is 11.1. The minimum atomic E-state index is -3.53. The van der Waals surface area contributed by atoms with Crippen molar-refractivity contribution < 1.29 is 78.0 Å². The zero-order chi connectivity index (χ0) is 18.5. The van der Waals surface area contributed by atoms with E-state index in [2.05, 4.69) is 24.5 Å². The second-order valence-corrected chi connectivity index (χ2v) is 22.4. The molecule has 0 aliphatic rings. The summed E-state index contributed by atoms with van der Waals surface area (Å²) in [5.41, 5.74) is -7.05. The molecule has 0 aliphatic carbocycles. The topological polar surface area (TPSA) is 92.2 Å². The molecule has 0 saturated carbocycles. The third kappa shape index (κ3) is 18.5. The second-order valence-electron chi connectivity index (χ2n) is 5.78. The second kappa shape index (κ2) is 17.6. The van der Waals surface area contributed by atoms with E-state index in [1.54, 1.807) is 0 Å². The smallest absolute Gasteiger partial charge is 0.854 e. The maximum atomic E-state index is 11.1. The Balaban J connectivity index is -0.0000000952. The van der Waals surface area contributed by atoms with Crippen molar-refractivity contribution in [2.24, 2.45) is 0 Å². The van der Waals surface area contributed by atoms with Crippen molar-refractivity contribution in [1.29, 1.82) is 0 Å². The van der Waals surface area contributed by atoms with Gasteiger partial charge in [0.15, 0.2) is 0 Å². The molecule has 0 aromatic rings. The van der Waals surface area contributed by atoms with Crippen molar-refractivity contribution >= 4 is 56.0 Å². The van der Waals surface area contributed by atoms with E-state index in [1.807, 2.05) is 55.4 Å². The minimum Gasteiger partial charge on any atom is -0.854 e. The van der Waals surface area contributed by atoms with Gasteiger partial charge in [-0.2, -0.15) is 0 Å². The molecule has 140 valence electrons.